The number of ether oxygens (including phenoxy) is 1. The lowest BCUT2D eigenvalue weighted by Gasteiger charge is -2.24. The number of para-hydroxylation sites is 2. The van der Waals surface area contributed by atoms with Gasteiger partial charge in [-0.1, -0.05) is 42.5 Å². The Kier molecular flexibility index (Phi) is 5.06. The van der Waals surface area contributed by atoms with Gasteiger partial charge in [0, 0.05) is 12.6 Å². The Balaban J connectivity index is 1.58. The van der Waals surface area contributed by atoms with Crippen molar-refractivity contribution in [3.05, 3.63) is 90.0 Å². The van der Waals surface area contributed by atoms with Crippen LogP contribution in [0.15, 0.2) is 83.3 Å². The van der Waals surface area contributed by atoms with Crippen LogP contribution in [0, 0.1) is 0 Å². The molecule has 0 saturated heterocycles. The van der Waals surface area contributed by atoms with Gasteiger partial charge in [0.05, 0.1) is 6.54 Å². The molecule has 0 spiro atoms. The van der Waals surface area contributed by atoms with Gasteiger partial charge in [0.25, 0.3) is 6.01 Å². The van der Waals surface area contributed by atoms with Crippen LogP contribution in [0.1, 0.15) is 22.0 Å². The third-order valence-electron chi connectivity index (χ3n) is 4.51. The summed E-state index contributed by atoms with van der Waals surface area (Å²) in [6.07, 6.45) is 0.586. The number of nitrogens with zero attached hydrogens (tertiary/aromatic N) is 2. The Labute approximate surface area is 163 Å². The monoisotopic (exact) mass is 372 g/mol. The average Bonchev–Trinajstić information content (AvgIpc) is 3.19. The molecule has 0 aliphatic heterocycles. The molecule has 0 saturated carbocycles. The maximum atomic E-state index is 10.9. The zero-order valence-corrected chi connectivity index (χ0v) is 15.5. The number of carbonyl (C=O) groups is 1. The molecule has 4 rings (SSSR count). The fraction of sp³-hybridized carbons (Fsp3) is 0.130. The molecule has 0 aliphatic carbocycles. The summed E-state index contributed by atoms with van der Waals surface area (Å²) in [5.41, 5.74) is 3.24. The zero-order chi connectivity index (χ0) is 19.3. The third-order valence-corrected chi connectivity index (χ3v) is 4.51. The van der Waals surface area contributed by atoms with Crippen LogP contribution in [0.5, 0.6) is 5.75 Å². The lowest BCUT2D eigenvalue weighted by Crippen LogP contribution is -2.27. The molecule has 28 heavy (non-hydrogen) atoms. The Morgan fingerprint density at radius 1 is 1.00 bits per heavy atom. The molecule has 1 unspecified atom stereocenters. The van der Waals surface area contributed by atoms with Crippen LogP contribution in [0.2, 0.25) is 0 Å². The van der Waals surface area contributed by atoms with Crippen LogP contribution in [-0.4, -0.2) is 24.9 Å². The number of hydrogen-bond donors (Lipinski definition) is 0. The lowest BCUT2D eigenvalue weighted by atomic mass is 10.1. The maximum Gasteiger partial charge on any atom is 0.298 e. The van der Waals surface area contributed by atoms with Crippen LogP contribution in [0.3, 0.4) is 0 Å². The van der Waals surface area contributed by atoms with E-state index in [1.54, 1.807) is 24.3 Å². The Bertz CT molecular complexity index is 1030. The van der Waals surface area contributed by atoms with Gasteiger partial charge in [0.1, 0.15) is 23.7 Å². The summed E-state index contributed by atoms with van der Waals surface area (Å²) in [6.45, 7) is 0.548. The summed E-state index contributed by atoms with van der Waals surface area (Å²) in [5, 5.41) is 0. The smallest absolute Gasteiger partial charge is 0.298 e. The van der Waals surface area contributed by atoms with Gasteiger partial charge >= 0.3 is 0 Å². The second kappa shape index (κ2) is 7.96. The third kappa shape index (κ3) is 3.88. The zero-order valence-electron chi connectivity index (χ0n) is 15.5. The molecule has 1 heterocycles. The van der Waals surface area contributed by atoms with Crippen molar-refractivity contribution in [2.24, 2.45) is 0 Å². The van der Waals surface area contributed by atoms with Crippen LogP contribution >= 0.6 is 0 Å². The summed E-state index contributed by atoms with van der Waals surface area (Å²) < 4.78 is 12.1. The van der Waals surface area contributed by atoms with Crippen molar-refractivity contribution in [3.8, 4) is 5.75 Å². The number of benzene rings is 3. The molecule has 0 aliphatic rings. The van der Waals surface area contributed by atoms with E-state index >= 15 is 0 Å². The minimum Gasteiger partial charge on any atom is -0.484 e. The van der Waals surface area contributed by atoms with Crippen molar-refractivity contribution in [3.63, 3.8) is 0 Å². The highest BCUT2D eigenvalue weighted by Crippen LogP contribution is 2.26. The molecular formula is C23H20N2O3. The highest BCUT2D eigenvalue weighted by atomic mass is 16.5. The molecule has 5 nitrogen and oxygen atoms in total. The van der Waals surface area contributed by atoms with E-state index in [0.29, 0.717) is 23.9 Å². The SMILES string of the molecule is CN(CC(Oc1ccc(C=O)cc1)c1ccccc1)c1nc2ccccc2o1. The Hall–Kier alpha value is -3.60. The first-order chi connectivity index (χ1) is 13.7. The first kappa shape index (κ1) is 17.8. The van der Waals surface area contributed by atoms with E-state index in [2.05, 4.69) is 4.98 Å². The van der Waals surface area contributed by atoms with E-state index in [9.17, 15) is 4.79 Å². The molecule has 1 aromatic heterocycles. The molecule has 140 valence electrons. The van der Waals surface area contributed by atoms with E-state index in [1.807, 2.05) is 66.5 Å². The first-order valence-corrected chi connectivity index (χ1v) is 9.06. The van der Waals surface area contributed by atoms with Crippen molar-refractivity contribution in [2.45, 2.75) is 6.10 Å². The number of rotatable bonds is 7. The van der Waals surface area contributed by atoms with Crippen LogP contribution in [-0.2, 0) is 0 Å². The number of aromatic nitrogens is 1. The average molecular weight is 372 g/mol. The minimum absolute atomic E-state index is 0.233. The molecule has 0 fully saturated rings. The molecule has 0 radical (unpaired) electrons. The number of hydrogen-bond acceptors (Lipinski definition) is 5. The van der Waals surface area contributed by atoms with E-state index in [-0.39, 0.29) is 6.10 Å². The molecule has 3 aromatic carbocycles. The minimum atomic E-state index is -0.233. The van der Waals surface area contributed by atoms with Crippen molar-refractivity contribution in [1.82, 2.24) is 4.98 Å². The van der Waals surface area contributed by atoms with Gasteiger partial charge in [0.2, 0.25) is 0 Å². The summed E-state index contributed by atoms with van der Waals surface area (Å²) in [5.74, 6) is 0.699. The Morgan fingerprint density at radius 2 is 1.71 bits per heavy atom. The fourth-order valence-electron chi connectivity index (χ4n) is 3.02. The topological polar surface area (TPSA) is 55.6 Å². The van der Waals surface area contributed by atoms with Crippen LogP contribution in [0.4, 0.5) is 6.01 Å². The summed E-state index contributed by atoms with van der Waals surface area (Å²) in [6, 6.07) is 25.4. The van der Waals surface area contributed by atoms with Crippen molar-refractivity contribution in [2.75, 3.05) is 18.5 Å². The lowest BCUT2D eigenvalue weighted by molar-refractivity contribution is 0.112. The van der Waals surface area contributed by atoms with Gasteiger partial charge in [-0.15, -0.1) is 0 Å². The number of carbonyl (C=O) groups excluding carboxylic acids is 1. The highest BCUT2D eigenvalue weighted by molar-refractivity contribution is 5.75. The molecule has 0 N–H and O–H groups in total. The van der Waals surface area contributed by atoms with Crippen molar-refractivity contribution in [1.29, 1.82) is 0 Å². The predicted octanol–water partition coefficient (Wildman–Crippen LogP) is 4.90. The van der Waals surface area contributed by atoms with Gasteiger partial charge < -0.3 is 14.1 Å². The maximum absolute atomic E-state index is 10.9. The van der Waals surface area contributed by atoms with Gasteiger partial charge in [-0.3, -0.25) is 4.79 Å². The van der Waals surface area contributed by atoms with Crippen LogP contribution < -0.4 is 9.64 Å². The number of fused-ring (bicyclic) bond motifs is 1. The number of oxazole rings is 1. The first-order valence-electron chi connectivity index (χ1n) is 9.06. The van der Waals surface area contributed by atoms with Gasteiger partial charge in [-0.05, 0) is 42.0 Å². The molecule has 1 atom stereocenters. The van der Waals surface area contributed by atoms with Gasteiger partial charge in [-0.25, -0.2) is 0 Å². The predicted molar refractivity (Wildman–Crippen MR) is 109 cm³/mol. The largest absolute Gasteiger partial charge is 0.484 e. The van der Waals surface area contributed by atoms with Crippen LogP contribution in [0.25, 0.3) is 11.1 Å². The highest BCUT2D eigenvalue weighted by Gasteiger charge is 2.19. The molecule has 0 bridgehead atoms. The van der Waals surface area contributed by atoms with E-state index in [4.69, 9.17) is 9.15 Å². The van der Waals surface area contributed by atoms with Crippen molar-refractivity contribution >= 4 is 23.4 Å². The second-order valence-corrected chi connectivity index (χ2v) is 6.55. The number of aldehydes is 1. The summed E-state index contributed by atoms with van der Waals surface area (Å²) >= 11 is 0. The van der Waals surface area contributed by atoms with Crippen molar-refractivity contribution < 1.29 is 13.9 Å². The Morgan fingerprint density at radius 3 is 2.43 bits per heavy atom. The van der Waals surface area contributed by atoms with E-state index in [1.165, 1.54) is 0 Å². The summed E-state index contributed by atoms with van der Waals surface area (Å²) in [7, 11) is 1.93. The molecule has 4 aromatic rings. The molecule has 0 amide bonds. The molecular weight excluding hydrogens is 352 g/mol. The van der Waals surface area contributed by atoms with E-state index < -0.39 is 0 Å². The number of likely N-dealkylation sites (N-methyl/N-ethyl adjacent to an activating group) is 1. The van der Waals surface area contributed by atoms with Gasteiger partial charge in [-0.2, -0.15) is 4.98 Å². The summed E-state index contributed by atoms with van der Waals surface area (Å²) in [4.78, 5) is 17.4. The normalized spacial score (nSPS) is 11.9. The van der Waals surface area contributed by atoms with Gasteiger partial charge in [0.15, 0.2) is 5.58 Å². The number of anilines is 1. The standard InChI is InChI=1S/C23H20N2O3/c1-25(23-24-20-9-5-6-10-21(20)28-23)15-22(18-7-3-2-4-8-18)27-19-13-11-17(16-26)12-14-19/h2-14,16,22H,15H2,1H3. The second-order valence-electron chi connectivity index (χ2n) is 6.55. The van der Waals surface area contributed by atoms with E-state index in [0.717, 1.165) is 22.9 Å². The molecule has 5 heteroatoms. The quantitative estimate of drug-likeness (QED) is 0.432. The fourth-order valence-corrected chi connectivity index (χ4v) is 3.02.